The first-order valence-corrected chi connectivity index (χ1v) is 6.97. The van der Waals surface area contributed by atoms with Gasteiger partial charge < -0.3 is 19.1 Å². The normalized spacial score (nSPS) is 14.7. The maximum Gasteiger partial charge on any atom is 0.336 e. The fourth-order valence-electron chi connectivity index (χ4n) is 2.55. The Bertz CT molecular complexity index is 643. The van der Waals surface area contributed by atoms with Gasteiger partial charge >= 0.3 is 11.9 Å². The Morgan fingerprint density at radius 1 is 1.00 bits per heavy atom. The molecule has 0 aliphatic carbocycles. The summed E-state index contributed by atoms with van der Waals surface area (Å²) in [6, 6.07) is 7.20. The number of nitrogens with zero attached hydrogens (tertiary/aromatic N) is 1. The Labute approximate surface area is 134 Å². The highest BCUT2D eigenvalue weighted by Gasteiger charge is 2.34. The highest BCUT2D eigenvalue weighted by molar-refractivity contribution is 5.98. The van der Waals surface area contributed by atoms with E-state index in [1.807, 2.05) is 6.07 Å². The minimum atomic E-state index is -0.582. The molecule has 2 rings (SSSR count). The van der Waals surface area contributed by atoms with Crippen molar-refractivity contribution in [3.63, 3.8) is 0 Å². The zero-order valence-electron chi connectivity index (χ0n) is 13.5. The summed E-state index contributed by atoms with van der Waals surface area (Å²) < 4.78 is 15.0. The van der Waals surface area contributed by atoms with Crippen LogP contribution >= 0.6 is 0 Å². The number of hydrogen-bond donors (Lipinski definition) is 0. The molecule has 0 N–H and O–H groups in total. The van der Waals surface area contributed by atoms with Crippen LogP contribution in [-0.4, -0.2) is 45.2 Å². The maximum absolute atomic E-state index is 12.2. The van der Waals surface area contributed by atoms with Crippen LogP contribution in [0.1, 0.15) is 11.5 Å². The number of carbonyl (C=O) groups excluding carboxylic acids is 2. The van der Waals surface area contributed by atoms with Gasteiger partial charge in [0.25, 0.3) is 0 Å². The predicted molar refractivity (Wildman–Crippen MR) is 83.7 cm³/mol. The van der Waals surface area contributed by atoms with Gasteiger partial charge in [0.15, 0.2) is 0 Å². The molecule has 1 aromatic rings. The van der Waals surface area contributed by atoms with Crippen LogP contribution in [0.25, 0.3) is 0 Å². The molecule has 6 nitrogen and oxygen atoms in total. The average molecular weight is 317 g/mol. The van der Waals surface area contributed by atoms with Crippen molar-refractivity contribution in [3.8, 4) is 5.75 Å². The Morgan fingerprint density at radius 2 is 1.57 bits per heavy atom. The molecule has 6 heteroatoms. The smallest absolute Gasteiger partial charge is 0.336 e. The van der Waals surface area contributed by atoms with Crippen LogP contribution in [0.5, 0.6) is 5.75 Å². The van der Waals surface area contributed by atoms with Crippen LogP contribution in [-0.2, 0) is 19.1 Å². The van der Waals surface area contributed by atoms with Crippen molar-refractivity contribution in [1.29, 1.82) is 0 Å². The van der Waals surface area contributed by atoms with Crippen LogP contribution in [0.15, 0.2) is 47.8 Å². The molecule has 1 heterocycles. The second-order valence-corrected chi connectivity index (χ2v) is 5.03. The van der Waals surface area contributed by atoms with E-state index in [0.717, 1.165) is 5.56 Å². The average Bonchev–Trinajstić information content (AvgIpc) is 2.59. The van der Waals surface area contributed by atoms with Gasteiger partial charge in [-0.3, -0.25) is 0 Å². The molecule has 0 fully saturated rings. The molecule has 1 aliphatic rings. The Kier molecular flexibility index (Phi) is 5.05. The van der Waals surface area contributed by atoms with Crippen molar-refractivity contribution < 1.29 is 23.8 Å². The molecule has 0 unspecified atom stereocenters. The number of benzene rings is 1. The van der Waals surface area contributed by atoms with Gasteiger partial charge in [0.1, 0.15) is 5.75 Å². The van der Waals surface area contributed by atoms with E-state index in [1.165, 1.54) is 14.2 Å². The van der Waals surface area contributed by atoms with Crippen molar-refractivity contribution in [2.75, 3.05) is 28.4 Å². The first-order valence-electron chi connectivity index (χ1n) is 6.97. The van der Waals surface area contributed by atoms with E-state index in [4.69, 9.17) is 14.2 Å². The first kappa shape index (κ1) is 16.6. The van der Waals surface area contributed by atoms with Crippen LogP contribution in [0.2, 0.25) is 0 Å². The zero-order chi connectivity index (χ0) is 17.0. The monoisotopic (exact) mass is 317 g/mol. The van der Waals surface area contributed by atoms with Crippen LogP contribution in [0.3, 0.4) is 0 Å². The number of ether oxygens (including phenoxy) is 3. The number of methoxy groups -OCH3 is 3. The van der Waals surface area contributed by atoms with E-state index < -0.39 is 17.9 Å². The topological polar surface area (TPSA) is 65.1 Å². The quantitative estimate of drug-likeness (QED) is 0.790. The Hall–Kier alpha value is -2.76. The summed E-state index contributed by atoms with van der Waals surface area (Å²) in [5, 5.41) is 0. The minimum absolute atomic E-state index is 0.353. The number of carbonyl (C=O) groups is 2. The summed E-state index contributed by atoms with van der Waals surface area (Å²) in [7, 11) is 5.90. The molecule has 0 radical (unpaired) electrons. The Morgan fingerprint density at radius 3 is 2.04 bits per heavy atom. The fourth-order valence-corrected chi connectivity index (χ4v) is 2.55. The second kappa shape index (κ2) is 7.00. The Balaban J connectivity index is 2.58. The van der Waals surface area contributed by atoms with Gasteiger partial charge in [0, 0.05) is 19.4 Å². The van der Waals surface area contributed by atoms with Gasteiger partial charge in [-0.05, 0) is 17.7 Å². The number of esters is 2. The van der Waals surface area contributed by atoms with Crippen molar-refractivity contribution in [2.45, 2.75) is 5.92 Å². The van der Waals surface area contributed by atoms with Gasteiger partial charge in [-0.1, -0.05) is 12.1 Å². The molecular weight excluding hydrogens is 298 g/mol. The maximum atomic E-state index is 12.2. The molecule has 1 aliphatic heterocycles. The summed E-state index contributed by atoms with van der Waals surface area (Å²) in [4.78, 5) is 26.0. The SMILES string of the molecule is COC(=O)C1=CN(C)C=C(C(=O)OC)C1c1cccc(OC)c1. The van der Waals surface area contributed by atoms with Gasteiger partial charge in [0.2, 0.25) is 0 Å². The van der Waals surface area contributed by atoms with Crippen molar-refractivity contribution >= 4 is 11.9 Å². The standard InChI is InChI=1S/C17H19NO5/c1-18-9-13(16(19)22-3)15(14(10-18)17(20)23-4)11-6-5-7-12(8-11)21-2/h5-10,15H,1-4H3. The predicted octanol–water partition coefficient (Wildman–Crippen LogP) is 1.84. The third-order valence-electron chi connectivity index (χ3n) is 3.58. The van der Waals surface area contributed by atoms with Crippen LogP contribution < -0.4 is 4.74 Å². The van der Waals surface area contributed by atoms with Crippen molar-refractivity contribution in [3.05, 3.63) is 53.4 Å². The number of hydrogen-bond acceptors (Lipinski definition) is 6. The molecule has 0 amide bonds. The van der Waals surface area contributed by atoms with E-state index >= 15 is 0 Å². The van der Waals surface area contributed by atoms with E-state index in [1.54, 1.807) is 49.7 Å². The van der Waals surface area contributed by atoms with Gasteiger partial charge in [0.05, 0.1) is 38.4 Å². The van der Waals surface area contributed by atoms with E-state index in [9.17, 15) is 9.59 Å². The van der Waals surface area contributed by atoms with E-state index in [-0.39, 0.29) is 0 Å². The first-order chi connectivity index (χ1) is 11.0. The molecule has 122 valence electrons. The van der Waals surface area contributed by atoms with Crippen LogP contribution in [0.4, 0.5) is 0 Å². The van der Waals surface area contributed by atoms with Crippen LogP contribution in [0, 0.1) is 0 Å². The van der Waals surface area contributed by atoms with Gasteiger partial charge in [-0.15, -0.1) is 0 Å². The molecule has 0 spiro atoms. The lowest BCUT2D eigenvalue weighted by atomic mass is 9.83. The largest absolute Gasteiger partial charge is 0.497 e. The molecule has 23 heavy (non-hydrogen) atoms. The molecule has 0 atom stereocenters. The van der Waals surface area contributed by atoms with Crippen molar-refractivity contribution in [1.82, 2.24) is 4.90 Å². The third-order valence-corrected chi connectivity index (χ3v) is 3.58. The summed E-state index contributed by atoms with van der Waals surface area (Å²) in [5.41, 5.74) is 1.45. The zero-order valence-corrected chi connectivity index (χ0v) is 13.5. The number of rotatable bonds is 4. The lowest BCUT2D eigenvalue weighted by Crippen LogP contribution is -2.27. The lowest BCUT2D eigenvalue weighted by molar-refractivity contribution is -0.137. The van der Waals surface area contributed by atoms with E-state index in [2.05, 4.69) is 0 Å². The lowest BCUT2D eigenvalue weighted by Gasteiger charge is -2.28. The third kappa shape index (κ3) is 3.36. The molecule has 1 aromatic carbocycles. The molecule has 0 bridgehead atoms. The minimum Gasteiger partial charge on any atom is -0.497 e. The van der Waals surface area contributed by atoms with Gasteiger partial charge in [-0.2, -0.15) is 0 Å². The molecule has 0 saturated carbocycles. The summed E-state index contributed by atoms with van der Waals surface area (Å²) >= 11 is 0. The molecule has 0 aromatic heterocycles. The van der Waals surface area contributed by atoms with E-state index in [0.29, 0.717) is 16.9 Å². The highest BCUT2D eigenvalue weighted by atomic mass is 16.5. The summed E-state index contributed by atoms with van der Waals surface area (Å²) in [6.07, 6.45) is 3.28. The van der Waals surface area contributed by atoms with Crippen molar-refractivity contribution in [2.24, 2.45) is 0 Å². The molecule has 0 saturated heterocycles. The van der Waals surface area contributed by atoms with Gasteiger partial charge in [-0.25, -0.2) is 9.59 Å². The summed E-state index contributed by atoms with van der Waals surface area (Å²) in [6.45, 7) is 0. The fraction of sp³-hybridized carbons (Fsp3) is 0.294. The summed E-state index contributed by atoms with van der Waals surface area (Å²) in [5.74, 6) is -0.950. The molecular formula is C17H19NO5. The highest BCUT2D eigenvalue weighted by Crippen LogP contribution is 2.37. The second-order valence-electron chi connectivity index (χ2n) is 5.03.